The fourth-order valence-corrected chi connectivity index (χ4v) is 1.89. The molecule has 130 valence electrons. The largest absolute Gasteiger partial charge is 0.480 e. The van der Waals surface area contributed by atoms with Crippen molar-refractivity contribution in [1.82, 2.24) is 10.5 Å². The number of aromatic nitrogens is 1. The summed E-state index contributed by atoms with van der Waals surface area (Å²) in [6, 6.07) is 3.64. The lowest BCUT2D eigenvalue weighted by atomic mass is 10.1. The minimum absolute atomic E-state index is 0.0237. The smallest absolute Gasteiger partial charge is 0.326 e. The van der Waals surface area contributed by atoms with Crippen LogP contribution in [-0.4, -0.2) is 40.4 Å². The molecule has 1 amide bonds. The van der Waals surface area contributed by atoms with E-state index in [1.165, 1.54) is 12.3 Å². The average molecular weight is 336 g/mol. The van der Waals surface area contributed by atoms with Gasteiger partial charge in [-0.25, -0.2) is 4.79 Å². The van der Waals surface area contributed by atoms with E-state index in [0.29, 0.717) is 5.76 Å². The normalized spacial score (nSPS) is 12.8. The summed E-state index contributed by atoms with van der Waals surface area (Å²) < 4.78 is 15.7. The van der Waals surface area contributed by atoms with Crippen molar-refractivity contribution < 1.29 is 28.4 Å². The highest BCUT2D eigenvalue weighted by atomic mass is 16.5. The lowest BCUT2D eigenvalue weighted by Crippen LogP contribution is -2.42. The molecule has 0 spiro atoms. The molecule has 0 aliphatic heterocycles. The Labute approximate surface area is 138 Å². The summed E-state index contributed by atoms with van der Waals surface area (Å²) in [5, 5.41) is 15.3. The molecule has 8 nitrogen and oxygen atoms in total. The van der Waals surface area contributed by atoms with E-state index in [-0.39, 0.29) is 30.1 Å². The van der Waals surface area contributed by atoms with Gasteiger partial charge in [-0.1, -0.05) is 5.16 Å². The highest BCUT2D eigenvalue weighted by Crippen LogP contribution is 2.20. The van der Waals surface area contributed by atoms with Crippen LogP contribution in [0.25, 0.3) is 11.5 Å². The van der Waals surface area contributed by atoms with Crippen LogP contribution in [0.1, 0.15) is 37.7 Å². The Hall–Kier alpha value is -2.61. The van der Waals surface area contributed by atoms with Crippen LogP contribution < -0.4 is 5.32 Å². The topological polar surface area (TPSA) is 115 Å². The molecule has 0 aliphatic carbocycles. The number of furan rings is 1. The fraction of sp³-hybridized carbons (Fsp3) is 0.438. The van der Waals surface area contributed by atoms with Gasteiger partial charge in [-0.3, -0.25) is 4.79 Å². The van der Waals surface area contributed by atoms with Crippen LogP contribution >= 0.6 is 0 Å². The highest BCUT2D eigenvalue weighted by molar-refractivity contribution is 5.95. The summed E-state index contributed by atoms with van der Waals surface area (Å²) in [6.45, 7) is 5.81. The van der Waals surface area contributed by atoms with Gasteiger partial charge in [0.25, 0.3) is 5.91 Å². The van der Waals surface area contributed by atoms with Crippen molar-refractivity contribution in [1.29, 1.82) is 0 Å². The van der Waals surface area contributed by atoms with Gasteiger partial charge in [-0.05, 0) is 32.9 Å². The molecule has 1 atom stereocenters. The number of aliphatic carboxylic acids is 1. The minimum atomic E-state index is -1.14. The maximum Gasteiger partial charge on any atom is 0.326 e. The molecule has 0 aliphatic rings. The second-order valence-corrected chi connectivity index (χ2v) is 6.17. The Morgan fingerprint density at radius 1 is 1.38 bits per heavy atom. The van der Waals surface area contributed by atoms with Gasteiger partial charge in [0.15, 0.2) is 11.5 Å². The molecule has 2 aromatic rings. The van der Waals surface area contributed by atoms with Crippen molar-refractivity contribution in [3.8, 4) is 11.5 Å². The number of nitrogens with zero attached hydrogens (tertiary/aromatic N) is 1. The second kappa shape index (κ2) is 7.31. The maximum atomic E-state index is 12.1. The van der Waals surface area contributed by atoms with Crippen LogP contribution in [0.2, 0.25) is 0 Å². The van der Waals surface area contributed by atoms with E-state index in [0.717, 1.165) is 0 Å². The van der Waals surface area contributed by atoms with E-state index < -0.39 is 17.9 Å². The molecule has 0 saturated heterocycles. The van der Waals surface area contributed by atoms with Gasteiger partial charge in [-0.2, -0.15) is 0 Å². The second-order valence-electron chi connectivity index (χ2n) is 6.17. The number of ether oxygens (including phenoxy) is 1. The molecule has 24 heavy (non-hydrogen) atoms. The van der Waals surface area contributed by atoms with Crippen molar-refractivity contribution in [3.63, 3.8) is 0 Å². The third-order valence-corrected chi connectivity index (χ3v) is 3.05. The molecule has 0 radical (unpaired) electrons. The van der Waals surface area contributed by atoms with Crippen LogP contribution in [0.5, 0.6) is 0 Å². The summed E-state index contributed by atoms with van der Waals surface area (Å²) >= 11 is 0. The van der Waals surface area contributed by atoms with Crippen LogP contribution in [0.15, 0.2) is 33.4 Å². The first kappa shape index (κ1) is 17.7. The van der Waals surface area contributed by atoms with E-state index in [1.807, 2.05) is 20.8 Å². The predicted octanol–water partition coefficient (Wildman–Crippen LogP) is 2.32. The van der Waals surface area contributed by atoms with Gasteiger partial charge in [0, 0.05) is 19.1 Å². The molecule has 0 saturated carbocycles. The SMILES string of the molecule is CC(C)(C)OCCC(NC(=O)c1cc(-c2ccco2)on1)C(=O)O. The van der Waals surface area contributed by atoms with Crippen LogP contribution in [-0.2, 0) is 9.53 Å². The number of carboxylic acid groups (broad SMARTS) is 1. The van der Waals surface area contributed by atoms with Crippen molar-refractivity contribution in [3.05, 3.63) is 30.2 Å². The number of nitrogens with one attached hydrogen (secondary N) is 1. The molecule has 2 rings (SSSR count). The Balaban J connectivity index is 1.96. The zero-order chi connectivity index (χ0) is 17.7. The Morgan fingerprint density at radius 3 is 2.71 bits per heavy atom. The van der Waals surface area contributed by atoms with E-state index in [4.69, 9.17) is 13.7 Å². The molecule has 0 fully saturated rings. The first-order valence-electron chi connectivity index (χ1n) is 7.44. The molecule has 2 heterocycles. The summed E-state index contributed by atoms with van der Waals surface area (Å²) in [6.07, 6.45) is 1.61. The molecular weight excluding hydrogens is 316 g/mol. The number of carboxylic acids is 1. The van der Waals surface area contributed by atoms with Gasteiger partial charge in [0.1, 0.15) is 6.04 Å². The lowest BCUT2D eigenvalue weighted by molar-refractivity contribution is -0.140. The van der Waals surface area contributed by atoms with Crippen molar-refractivity contribution in [2.75, 3.05) is 6.61 Å². The Morgan fingerprint density at radius 2 is 2.12 bits per heavy atom. The van der Waals surface area contributed by atoms with Gasteiger partial charge >= 0.3 is 5.97 Å². The summed E-state index contributed by atoms with van der Waals surface area (Å²) in [4.78, 5) is 23.4. The summed E-state index contributed by atoms with van der Waals surface area (Å²) in [7, 11) is 0. The fourth-order valence-electron chi connectivity index (χ4n) is 1.89. The monoisotopic (exact) mass is 336 g/mol. The number of carbonyl (C=O) groups excluding carboxylic acids is 1. The first-order chi connectivity index (χ1) is 11.3. The number of amides is 1. The third-order valence-electron chi connectivity index (χ3n) is 3.05. The Bertz CT molecular complexity index is 684. The van der Waals surface area contributed by atoms with E-state index in [9.17, 15) is 14.7 Å². The number of hydrogen-bond acceptors (Lipinski definition) is 6. The van der Waals surface area contributed by atoms with Crippen molar-refractivity contribution in [2.45, 2.75) is 38.8 Å². The Kier molecular flexibility index (Phi) is 5.40. The van der Waals surface area contributed by atoms with Gasteiger partial charge in [0.2, 0.25) is 5.76 Å². The maximum absolute atomic E-state index is 12.1. The molecule has 2 N–H and O–H groups in total. The average Bonchev–Trinajstić information content (AvgIpc) is 3.15. The molecule has 0 aromatic carbocycles. The van der Waals surface area contributed by atoms with Crippen LogP contribution in [0.4, 0.5) is 0 Å². The predicted molar refractivity (Wildman–Crippen MR) is 83.4 cm³/mol. The zero-order valence-electron chi connectivity index (χ0n) is 13.7. The lowest BCUT2D eigenvalue weighted by Gasteiger charge is -2.21. The zero-order valence-corrected chi connectivity index (χ0v) is 13.7. The molecular formula is C16H20N2O6. The quantitative estimate of drug-likeness (QED) is 0.797. The van der Waals surface area contributed by atoms with E-state index in [2.05, 4.69) is 10.5 Å². The van der Waals surface area contributed by atoms with E-state index in [1.54, 1.807) is 12.1 Å². The van der Waals surface area contributed by atoms with Crippen molar-refractivity contribution >= 4 is 11.9 Å². The highest BCUT2D eigenvalue weighted by Gasteiger charge is 2.24. The molecule has 8 heteroatoms. The number of rotatable bonds is 7. The summed E-state index contributed by atoms with van der Waals surface area (Å²) in [5.74, 6) is -1.07. The van der Waals surface area contributed by atoms with E-state index >= 15 is 0 Å². The van der Waals surface area contributed by atoms with Crippen LogP contribution in [0.3, 0.4) is 0 Å². The number of hydrogen-bond donors (Lipinski definition) is 2. The minimum Gasteiger partial charge on any atom is -0.480 e. The van der Waals surface area contributed by atoms with Gasteiger partial charge < -0.3 is 24.1 Å². The molecule has 1 unspecified atom stereocenters. The number of carbonyl (C=O) groups is 2. The van der Waals surface area contributed by atoms with Gasteiger partial charge in [0.05, 0.1) is 11.9 Å². The third kappa shape index (κ3) is 4.95. The molecule has 2 aromatic heterocycles. The van der Waals surface area contributed by atoms with Crippen LogP contribution in [0, 0.1) is 0 Å². The standard InChI is InChI=1S/C16H20N2O6/c1-16(2,3)23-8-6-10(15(20)21)17-14(19)11-9-13(24-18-11)12-5-4-7-22-12/h4-5,7,9-10H,6,8H2,1-3H3,(H,17,19)(H,20,21). The first-order valence-corrected chi connectivity index (χ1v) is 7.44. The van der Waals surface area contributed by atoms with Gasteiger partial charge in [-0.15, -0.1) is 0 Å². The summed E-state index contributed by atoms with van der Waals surface area (Å²) in [5.41, 5.74) is -0.402. The molecule has 0 bridgehead atoms. The van der Waals surface area contributed by atoms with Crippen molar-refractivity contribution in [2.24, 2.45) is 0 Å².